The minimum Gasteiger partial charge on any atom is -0.493 e. The van der Waals surface area contributed by atoms with E-state index in [1.54, 1.807) is 17.4 Å². The lowest BCUT2D eigenvalue weighted by Crippen LogP contribution is -2.15. The van der Waals surface area contributed by atoms with E-state index >= 15 is 0 Å². The maximum atomic E-state index is 12.6. The van der Waals surface area contributed by atoms with Gasteiger partial charge in [0, 0.05) is 9.37 Å². The van der Waals surface area contributed by atoms with Crippen molar-refractivity contribution in [2.75, 3.05) is 0 Å². The van der Waals surface area contributed by atoms with E-state index in [4.69, 9.17) is 11.6 Å². The second-order valence-electron chi connectivity index (χ2n) is 6.01. The third kappa shape index (κ3) is 3.80. The molecule has 0 fully saturated rings. The number of hydrogen-bond donors (Lipinski definition) is 2. The SMILES string of the molecule is O=c1[nH]n(C(c2ccc(Br)cc2)c2ccsc2)c(O)c1Sc1ccccc1Cl. The quantitative estimate of drug-likeness (QED) is 0.351. The highest BCUT2D eigenvalue weighted by atomic mass is 79.9. The first-order valence-electron chi connectivity index (χ1n) is 8.28. The van der Waals surface area contributed by atoms with Crippen LogP contribution in [0.3, 0.4) is 0 Å². The van der Waals surface area contributed by atoms with Crippen LogP contribution in [0.1, 0.15) is 17.2 Å². The van der Waals surface area contributed by atoms with Crippen molar-refractivity contribution >= 4 is 50.6 Å². The third-order valence-electron chi connectivity index (χ3n) is 4.21. The second kappa shape index (κ2) is 8.21. The van der Waals surface area contributed by atoms with Gasteiger partial charge >= 0.3 is 0 Å². The molecule has 0 amide bonds. The highest BCUT2D eigenvalue weighted by Gasteiger charge is 2.25. The molecule has 0 aliphatic carbocycles. The summed E-state index contributed by atoms with van der Waals surface area (Å²) in [6, 6.07) is 16.7. The molecule has 0 aliphatic rings. The van der Waals surface area contributed by atoms with Crippen LogP contribution in [0.2, 0.25) is 5.02 Å². The molecule has 0 aliphatic heterocycles. The van der Waals surface area contributed by atoms with Gasteiger partial charge in [0.15, 0.2) is 0 Å². The Balaban J connectivity index is 1.81. The Bertz CT molecular complexity index is 1150. The molecule has 0 spiro atoms. The van der Waals surface area contributed by atoms with E-state index in [1.807, 2.05) is 59.3 Å². The van der Waals surface area contributed by atoms with Gasteiger partial charge in [-0.2, -0.15) is 11.3 Å². The fraction of sp³-hybridized carbons (Fsp3) is 0.0500. The number of nitrogens with zero attached hydrogens (tertiary/aromatic N) is 1. The Morgan fingerprint density at radius 2 is 1.86 bits per heavy atom. The highest BCUT2D eigenvalue weighted by molar-refractivity contribution is 9.10. The van der Waals surface area contributed by atoms with Crippen LogP contribution in [0.5, 0.6) is 5.88 Å². The van der Waals surface area contributed by atoms with Crippen molar-refractivity contribution in [3.05, 3.63) is 96.3 Å². The molecule has 4 aromatic rings. The summed E-state index contributed by atoms with van der Waals surface area (Å²) in [6.45, 7) is 0. The van der Waals surface area contributed by atoms with Gasteiger partial charge in [-0.05, 0) is 52.2 Å². The molecule has 2 aromatic heterocycles. The Hall–Kier alpha value is -1.93. The van der Waals surface area contributed by atoms with E-state index in [0.717, 1.165) is 27.4 Å². The molecule has 28 heavy (non-hydrogen) atoms. The van der Waals surface area contributed by atoms with Crippen LogP contribution in [-0.2, 0) is 0 Å². The standard InChI is InChI=1S/C20H14BrClN2O2S2/c21-14-7-5-12(6-8-14)17(13-9-10-27-11-13)24-20(26)18(19(25)23-24)28-16-4-2-1-3-15(16)22/h1-11,17,26H,(H,23,25). The molecule has 2 N–H and O–H groups in total. The number of aromatic amines is 1. The van der Waals surface area contributed by atoms with Gasteiger partial charge in [0.05, 0.1) is 5.02 Å². The van der Waals surface area contributed by atoms with Gasteiger partial charge in [0.1, 0.15) is 10.9 Å². The van der Waals surface area contributed by atoms with Gasteiger partial charge in [-0.1, -0.05) is 63.6 Å². The van der Waals surface area contributed by atoms with E-state index in [2.05, 4.69) is 21.0 Å². The Morgan fingerprint density at radius 3 is 2.54 bits per heavy atom. The lowest BCUT2D eigenvalue weighted by atomic mass is 10.0. The number of thiophene rings is 1. The Morgan fingerprint density at radius 1 is 1.11 bits per heavy atom. The van der Waals surface area contributed by atoms with Gasteiger partial charge in [0.25, 0.3) is 5.56 Å². The van der Waals surface area contributed by atoms with E-state index in [0.29, 0.717) is 9.92 Å². The van der Waals surface area contributed by atoms with Crippen LogP contribution >= 0.6 is 50.6 Å². The van der Waals surface area contributed by atoms with Crippen LogP contribution in [0.4, 0.5) is 0 Å². The summed E-state index contributed by atoms with van der Waals surface area (Å²) in [6.07, 6.45) is 0. The molecule has 4 nitrogen and oxygen atoms in total. The second-order valence-corrected chi connectivity index (χ2v) is 9.16. The van der Waals surface area contributed by atoms with Crippen molar-refractivity contribution in [1.29, 1.82) is 0 Å². The van der Waals surface area contributed by atoms with Gasteiger partial charge in [-0.15, -0.1) is 0 Å². The summed E-state index contributed by atoms with van der Waals surface area (Å²) in [7, 11) is 0. The van der Waals surface area contributed by atoms with Crippen LogP contribution in [0.15, 0.2) is 84.4 Å². The molecule has 0 saturated carbocycles. The highest BCUT2D eigenvalue weighted by Crippen LogP contribution is 2.39. The zero-order valence-electron chi connectivity index (χ0n) is 14.3. The molecule has 4 rings (SSSR count). The lowest BCUT2D eigenvalue weighted by molar-refractivity contribution is 0.385. The zero-order chi connectivity index (χ0) is 19.7. The molecule has 8 heteroatoms. The van der Waals surface area contributed by atoms with Crippen molar-refractivity contribution in [2.24, 2.45) is 0 Å². The number of aromatic hydroxyl groups is 1. The molecule has 142 valence electrons. The largest absolute Gasteiger partial charge is 0.493 e. The molecular formula is C20H14BrClN2O2S2. The van der Waals surface area contributed by atoms with E-state index in [9.17, 15) is 9.90 Å². The number of halogens is 2. The van der Waals surface area contributed by atoms with Crippen LogP contribution < -0.4 is 5.56 Å². The molecule has 1 atom stereocenters. The first kappa shape index (κ1) is 19.4. The number of aromatic nitrogens is 2. The number of rotatable bonds is 5. The van der Waals surface area contributed by atoms with E-state index in [-0.39, 0.29) is 22.4 Å². The van der Waals surface area contributed by atoms with Crippen LogP contribution in [0.25, 0.3) is 0 Å². The smallest absolute Gasteiger partial charge is 0.282 e. The average molecular weight is 494 g/mol. The molecule has 0 saturated heterocycles. The van der Waals surface area contributed by atoms with Crippen molar-refractivity contribution in [3.8, 4) is 5.88 Å². The fourth-order valence-corrected chi connectivity index (χ4v) is 4.96. The van der Waals surface area contributed by atoms with Gasteiger partial charge in [-0.25, -0.2) is 4.68 Å². The van der Waals surface area contributed by atoms with E-state index in [1.165, 1.54) is 4.68 Å². The predicted octanol–water partition coefficient (Wildman–Crippen LogP) is 6.15. The normalized spacial score (nSPS) is 12.2. The summed E-state index contributed by atoms with van der Waals surface area (Å²) in [4.78, 5) is 13.6. The molecule has 0 bridgehead atoms. The van der Waals surface area contributed by atoms with Crippen molar-refractivity contribution < 1.29 is 5.11 Å². The van der Waals surface area contributed by atoms with E-state index < -0.39 is 0 Å². The van der Waals surface area contributed by atoms with Gasteiger partial charge in [0.2, 0.25) is 5.88 Å². The monoisotopic (exact) mass is 492 g/mol. The van der Waals surface area contributed by atoms with Gasteiger partial charge < -0.3 is 5.11 Å². The molecule has 2 aromatic carbocycles. The van der Waals surface area contributed by atoms with Crippen LogP contribution in [-0.4, -0.2) is 14.9 Å². The van der Waals surface area contributed by atoms with Crippen molar-refractivity contribution in [3.63, 3.8) is 0 Å². The third-order valence-corrected chi connectivity index (χ3v) is 7.03. The summed E-state index contributed by atoms with van der Waals surface area (Å²) >= 11 is 12.4. The number of hydrogen-bond acceptors (Lipinski definition) is 4. The first-order valence-corrected chi connectivity index (χ1v) is 11.2. The van der Waals surface area contributed by atoms with Crippen molar-refractivity contribution in [2.45, 2.75) is 15.8 Å². The van der Waals surface area contributed by atoms with Gasteiger partial charge in [-0.3, -0.25) is 9.89 Å². The Kier molecular flexibility index (Phi) is 5.68. The average Bonchev–Trinajstić information content (AvgIpc) is 3.30. The topological polar surface area (TPSA) is 58.0 Å². The molecule has 0 radical (unpaired) electrons. The summed E-state index contributed by atoms with van der Waals surface area (Å²) in [5.74, 6) is -0.117. The molecule has 2 heterocycles. The summed E-state index contributed by atoms with van der Waals surface area (Å²) in [5, 5.41) is 18.2. The first-order chi connectivity index (χ1) is 13.5. The maximum absolute atomic E-state index is 12.6. The summed E-state index contributed by atoms with van der Waals surface area (Å²) < 4.78 is 2.47. The number of nitrogens with one attached hydrogen (secondary N) is 1. The zero-order valence-corrected chi connectivity index (χ0v) is 18.3. The minimum atomic E-state index is -0.361. The predicted molar refractivity (Wildman–Crippen MR) is 118 cm³/mol. The molecule has 1 unspecified atom stereocenters. The fourth-order valence-electron chi connectivity index (χ4n) is 2.91. The minimum absolute atomic E-state index is 0.117. The summed E-state index contributed by atoms with van der Waals surface area (Å²) in [5.41, 5.74) is 1.56. The number of benzene rings is 2. The van der Waals surface area contributed by atoms with Crippen molar-refractivity contribution in [1.82, 2.24) is 9.78 Å². The van der Waals surface area contributed by atoms with Crippen LogP contribution in [0, 0.1) is 0 Å². The maximum Gasteiger partial charge on any atom is 0.282 e. The lowest BCUT2D eigenvalue weighted by Gasteiger charge is -2.19. The Labute approximate surface area is 182 Å². The molecular weight excluding hydrogens is 480 g/mol. The number of H-pyrrole nitrogens is 1.